The van der Waals surface area contributed by atoms with E-state index in [0.717, 1.165) is 5.69 Å². The fourth-order valence-electron chi connectivity index (χ4n) is 7.16. The fraction of sp³-hybridized carbons (Fsp3) is 0. The summed E-state index contributed by atoms with van der Waals surface area (Å²) in [6.07, 6.45) is 2.31. The van der Waals surface area contributed by atoms with Crippen LogP contribution in [0.25, 0.3) is 83.4 Å². The maximum absolute atomic E-state index is 2.37. The molecule has 0 aliphatic heterocycles. The molecule has 1 heterocycles. The van der Waals surface area contributed by atoms with Crippen LogP contribution >= 0.6 is 0 Å². The van der Waals surface area contributed by atoms with Crippen molar-refractivity contribution in [3.05, 3.63) is 212 Å². The molecule has 0 atom stereocenters. The minimum Gasteiger partial charge on any atom is -0.316 e. The Hall–Kier alpha value is -6.70. The normalized spacial score (nSPS) is 11.1. The Morgan fingerprint density at radius 1 is 0.255 bits per heavy atom. The second kappa shape index (κ2) is 13.3. The Kier molecular flexibility index (Phi) is 7.92. The van der Waals surface area contributed by atoms with Crippen LogP contribution in [0.3, 0.4) is 0 Å². The molecule has 240 valence electrons. The molecule has 51 heavy (non-hydrogen) atoms. The van der Waals surface area contributed by atoms with E-state index in [1.54, 1.807) is 0 Å². The number of hydrogen-bond donors (Lipinski definition) is 0. The lowest BCUT2D eigenvalue weighted by Crippen LogP contribution is -1.95. The van der Waals surface area contributed by atoms with E-state index < -0.39 is 0 Å². The highest BCUT2D eigenvalue weighted by molar-refractivity contribution is 6.00. The highest BCUT2D eigenvalue weighted by Gasteiger charge is 2.15. The minimum atomic E-state index is 1.13. The van der Waals surface area contributed by atoms with E-state index in [-0.39, 0.29) is 0 Å². The number of nitrogens with zero attached hydrogens (tertiary/aromatic N) is 1. The van der Waals surface area contributed by atoms with Gasteiger partial charge in [0.05, 0.1) is 5.52 Å². The van der Waals surface area contributed by atoms with Crippen LogP contribution in [0.15, 0.2) is 212 Å². The van der Waals surface area contributed by atoms with Crippen LogP contribution < -0.4 is 0 Å². The first kappa shape index (κ1) is 30.4. The number of hydrogen-bond acceptors (Lipinski definition) is 0. The molecule has 0 amide bonds. The average Bonchev–Trinajstić information content (AvgIpc) is 3.61. The van der Waals surface area contributed by atoms with Crippen molar-refractivity contribution in [1.29, 1.82) is 0 Å². The van der Waals surface area contributed by atoms with E-state index in [1.807, 2.05) is 0 Å². The van der Waals surface area contributed by atoms with Crippen molar-refractivity contribution in [2.75, 3.05) is 0 Å². The summed E-state index contributed by atoms with van der Waals surface area (Å²) in [5, 5.41) is 1.23. The summed E-state index contributed by atoms with van der Waals surface area (Å²) in [5.74, 6) is 0. The molecule has 1 heteroatoms. The molecule has 8 aromatic carbocycles. The Balaban J connectivity index is 1.21. The van der Waals surface area contributed by atoms with Crippen LogP contribution in [0, 0.1) is 0 Å². The number of aromatic nitrogens is 1. The van der Waals surface area contributed by atoms with E-state index in [4.69, 9.17) is 0 Å². The Labute approximate surface area is 299 Å². The second-order valence-corrected chi connectivity index (χ2v) is 13.0. The summed E-state index contributed by atoms with van der Waals surface area (Å²) in [4.78, 5) is 0. The van der Waals surface area contributed by atoms with Crippen molar-refractivity contribution >= 4 is 10.9 Å². The van der Waals surface area contributed by atoms with Gasteiger partial charge in [-0.15, -0.1) is 0 Å². The summed E-state index contributed by atoms with van der Waals surface area (Å²) in [7, 11) is 0. The van der Waals surface area contributed by atoms with Gasteiger partial charge in [0.15, 0.2) is 0 Å². The number of fused-ring (bicyclic) bond motifs is 1. The Morgan fingerprint density at radius 2 is 0.608 bits per heavy atom. The molecular formula is C50H35N. The molecule has 0 bridgehead atoms. The zero-order valence-corrected chi connectivity index (χ0v) is 28.2. The molecule has 0 unspecified atom stereocenters. The van der Waals surface area contributed by atoms with Crippen molar-refractivity contribution in [3.63, 3.8) is 0 Å². The van der Waals surface area contributed by atoms with Crippen molar-refractivity contribution in [3.8, 4) is 72.4 Å². The maximum Gasteiger partial charge on any atom is 0.0535 e. The summed E-state index contributed by atoms with van der Waals surface area (Å²) in [6, 6.07) is 74.3. The van der Waals surface area contributed by atoms with Crippen LogP contribution in [0.2, 0.25) is 0 Å². The maximum atomic E-state index is 2.37. The van der Waals surface area contributed by atoms with Gasteiger partial charge in [-0.05, 0) is 91.5 Å². The smallest absolute Gasteiger partial charge is 0.0535 e. The van der Waals surface area contributed by atoms with E-state index in [9.17, 15) is 0 Å². The van der Waals surface area contributed by atoms with Gasteiger partial charge in [-0.2, -0.15) is 0 Å². The van der Waals surface area contributed by atoms with E-state index in [1.165, 1.54) is 77.7 Å². The Morgan fingerprint density at radius 3 is 1.06 bits per heavy atom. The molecule has 0 aliphatic rings. The van der Waals surface area contributed by atoms with Gasteiger partial charge in [0.2, 0.25) is 0 Å². The van der Waals surface area contributed by atoms with Crippen molar-refractivity contribution < 1.29 is 0 Å². The molecule has 0 N–H and O–H groups in total. The lowest BCUT2D eigenvalue weighted by molar-refractivity contribution is 1.13. The molecule has 1 nitrogen and oxygen atoms in total. The first-order valence-electron chi connectivity index (χ1n) is 17.5. The Bertz CT molecular complexity index is 2460. The minimum absolute atomic E-state index is 1.13. The van der Waals surface area contributed by atoms with Crippen LogP contribution in [-0.4, -0.2) is 4.57 Å². The molecule has 0 aliphatic carbocycles. The molecule has 0 saturated carbocycles. The zero-order chi connectivity index (χ0) is 34.0. The third kappa shape index (κ3) is 6.07. The standard InChI is InChI=1S/C50H35N/c1-5-13-36(14-6-1)39-21-25-41(26-22-39)45-31-46(42-27-23-40(24-28-42)37-15-7-2-8-16-37)33-47(32-45)51-35-49(43-19-11-4-12-20-43)48-34-44(29-30-50(48)51)38-17-9-3-10-18-38/h1-35H. The summed E-state index contributed by atoms with van der Waals surface area (Å²) < 4.78 is 2.37. The first-order valence-corrected chi connectivity index (χ1v) is 17.5. The van der Waals surface area contributed by atoms with Crippen LogP contribution in [-0.2, 0) is 0 Å². The molecule has 9 rings (SSSR count). The fourth-order valence-corrected chi connectivity index (χ4v) is 7.16. The molecule has 0 fully saturated rings. The van der Waals surface area contributed by atoms with Crippen LogP contribution in [0.1, 0.15) is 0 Å². The van der Waals surface area contributed by atoms with Crippen molar-refractivity contribution in [2.45, 2.75) is 0 Å². The van der Waals surface area contributed by atoms with Crippen molar-refractivity contribution in [1.82, 2.24) is 4.57 Å². The molecule has 0 radical (unpaired) electrons. The topological polar surface area (TPSA) is 4.93 Å². The third-order valence-corrected chi connectivity index (χ3v) is 9.84. The molecular weight excluding hydrogens is 615 g/mol. The van der Waals surface area contributed by atoms with Gasteiger partial charge in [0, 0.05) is 22.8 Å². The molecule has 1 aromatic heterocycles. The zero-order valence-electron chi connectivity index (χ0n) is 28.2. The van der Waals surface area contributed by atoms with Crippen LogP contribution in [0.4, 0.5) is 0 Å². The predicted octanol–water partition coefficient (Wildman–Crippen LogP) is 13.6. The lowest BCUT2D eigenvalue weighted by atomic mass is 9.95. The highest BCUT2D eigenvalue weighted by atomic mass is 15.0. The first-order chi connectivity index (χ1) is 25.3. The predicted molar refractivity (Wildman–Crippen MR) is 216 cm³/mol. The SMILES string of the molecule is c1ccc(-c2ccc(-c3cc(-c4ccc(-c5ccccc5)cc4)cc(-n4cc(-c5ccccc5)c5cc(-c6ccccc6)ccc54)c3)cc2)cc1. The lowest BCUT2D eigenvalue weighted by Gasteiger charge is -2.14. The van der Waals surface area contributed by atoms with E-state index >= 15 is 0 Å². The molecule has 0 saturated heterocycles. The van der Waals surface area contributed by atoms with E-state index in [2.05, 4.69) is 217 Å². The quantitative estimate of drug-likeness (QED) is 0.162. The van der Waals surface area contributed by atoms with Crippen molar-refractivity contribution in [2.24, 2.45) is 0 Å². The van der Waals surface area contributed by atoms with Gasteiger partial charge in [0.25, 0.3) is 0 Å². The molecule has 9 aromatic rings. The third-order valence-electron chi connectivity index (χ3n) is 9.84. The largest absolute Gasteiger partial charge is 0.316 e. The monoisotopic (exact) mass is 649 g/mol. The van der Waals surface area contributed by atoms with Gasteiger partial charge in [-0.1, -0.05) is 176 Å². The summed E-state index contributed by atoms with van der Waals surface area (Å²) in [5.41, 5.74) is 16.8. The summed E-state index contributed by atoms with van der Waals surface area (Å²) >= 11 is 0. The summed E-state index contributed by atoms with van der Waals surface area (Å²) in [6.45, 7) is 0. The van der Waals surface area contributed by atoms with Gasteiger partial charge in [0.1, 0.15) is 0 Å². The average molecular weight is 650 g/mol. The highest BCUT2D eigenvalue weighted by Crippen LogP contribution is 2.38. The van der Waals surface area contributed by atoms with Gasteiger partial charge >= 0.3 is 0 Å². The van der Waals surface area contributed by atoms with Crippen LogP contribution in [0.5, 0.6) is 0 Å². The van der Waals surface area contributed by atoms with Gasteiger partial charge in [-0.3, -0.25) is 0 Å². The second-order valence-electron chi connectivity index (χ2n) is 13.0. The van der Waals surface area contributed by atoms with Gasteiger partial charge < -0.3 is 4.57 Å². The number of benzene rings is 8. The number of rotatable bonds is 7. The van der Waals surface area contributed by atoms with E-state index in [0.29, 0.717) is 0 Å². The molecule has 0 spiro atoms. The van der Waals surface area contributed by atoms with Gasteiger partial charge in [-0.25, -0.2) is 0 Å².